The highest BCUT2D eigenvalue weighted by Crippen LogP contribution is 2.30. The Morgan fingerprint density at radius 2 is 1.68 bits per heavy atom. The number of nitrogens with zero attached hydrogens (tertiary/aromatic N) is 2. The smallest absolute Gasteiger partial charge is 0.243 e. The highest BCUT2D eigenvalue weighted by Gasteiger charge is 2.27. The van der Waals surface area contributed by atoms with Gasteiger partial charge in [0.15, 0.2) is 0 Å². The second-order valence-electron chi connectivity index (χ2n) is 8.62. The quantitative estimate of drug-likeness (QED) is 0.357. The van der Waals surface area contributed by atoms with Gasteiger partial charge in [0, 0.05) is 26.1 Å². The van der Waals surface area contributed by atoms with Gasteiger partial charge in [0.25, 0.3) is 0 Å². The molecular formula is C25H35N3O7S2. The Labute approximate surface area is 219 Å². The molecule has 0 unspecified atom stereocenters. The minimum atomic E-state index is -3.56. The molecule has 1 saturated heterocycles. The summed E-state index contributed by atoms with van der Waals surface area (Å²) in [6, 6.07) is 13.2. The fourth-order valence-electron chi connectivity index (χ4n) is 4.02. The lowest BCUT2D eigenvalue weighted by Crippen LogP contribution is -2.33. The summed E-state index contributed by atoms with van der Waals surface area (Å²) < 4.78 is 63.8. The number of rotatable bonds is 14. The molecule has 204 valence electrons. The van der Waals surface area contributed by atoms with Gasteiger partial charge < -0.3 is 14.8 Å². The average Bonchev–Trinajstić information content (AvgIpc) is 3.41. The molecule has 1 heterocycles. The van der Waals surface area contributed by atoms with Crippen molar-refractivity contribution in [3.63, 3.8) is 0 Å². The second-order valence-corrected chi connectivity index (χ2v) is 12.5. The van der Waals surface area contributed by atoms with Crippen LogP contribution < -0.4 is 19.1 Å². The van der Waals surface area contributed by atoms with E-state index in [4.69, 9.17) is 9.47 Å². The zero-order valence-corrected chi connectivity index (χ0v) is 22.9. The molecule has 1 aliphatic rings. The molecule has 0 saturated carbocycles. The molecule has 0 atom stereocenters. The van der Waals surface area contributed by atoms with E-state index >= 15 is 0 Å². The lowest BCUT2D eigenvalue weighted by atomic mass is 10.2. The van der Waals surface area contributed by atoms with Crippen LogP contribution in [-0.4, -0.2) is 72.7 Å². The van der Waals surface area contributed by atoms with Crippen LogP contribution in [0, 0.1) is 0 Å². The van der Waals surface area contributed by atoms with E-state index in [1.54, 1.807) is 36.4 Å². The summed E-state index contributed by atoms with van der Waals surface area (Å²) in [5.41, 5.74) is 0.444. The summed E-state index contributed by atoms with van der Waals surface area (Å²) in [5, 5.41) is 2.75. The van der Waals surface area contributed by atoms with Crippen LogP contribution in [0.5, 0.6) is 11.5 Å². The number of anilines is 1. The number of ether oxygens (including phenoxy) is 2. The molecular weight excluding hydrogens is 518 g/mol. The Balaban J connectivity index is 1.42. The first-order chi connectivity index (χ1) is 17.6. The topological polar surface area (TPSA) is 122 Å². The lowest BCUT2D eigenvalue weighted by Gasteiger charge is -2.24. The van der Waals surface area contributed by atoms with E-state index < -0.39 is 20.0 Å². The summed E-state index contributed by atoms with van der Waals surface area (Å²) in [6.45, 7) is 3.93. The number of hydrogen-bond acceptors (Lipinski definition) is 7. The van der Waals surface area contributed by atoms with Crippen molar-refractivity contribution in [2.24, 2.45) is 0 Å². The van der Waals surface area contributed by atoms with Crippen LogP contribution in [0.15, 0.2) is 53.4 Å². The fraction of sp³-hybridized carbons (Fsp3) is 0.480. The molecule has 1 N–H and O–H groups in total. The van der Waals surface area contributed by atoms with Gasteiger partial charge in [-0.2, -0.15) is 4.31 Å². The summed E-state index contributed by atoms with van der Waals surface area (Å²) in [4.78, 5) is 12.5. The Hall–Kier alpha value is -2.83. The average molecular weight is 554 g/mol. The number of sulfonamides is 2. The first-order valence-corrected chi connectivity index (χ1v) is 15.6. The monoisotopic (exact) mass is 553 g/mol. The molecule has 2 aromatic carbocycles. The minimum absolute atomic E-state index is 0.138. The van der Waals surface area contributed by atoms with Crippen LogP contribution in [-0.2, 0) is 24.8 Å². The maximum absolute atomic E-state index is 12.6. The number of nitrogens with one attached hydrogen (secondary N) is 1. The van der Waals surface area contributed by atoms with E-state index in [9.17, 15) is 21.6 Å². The molecule has 0 radical (unpaired) electrons. The molecule has 12 heteroatoms. The van der Waals surface area contributed by atoms with E-state index in [0.29, 0.717) is 43.3 Å². The number of carbonyl (C=O) groups is 1. The Kier molecular flexibility index (Phi) is 10.2. The van der Waals surface area contributed by atoms with Crippen molar-refractivity contribution >= 4 is 31.6 Å². The maximum atomic E-state index is 12.6. The van der Waals surface area contributed by atoms with Crippen LogP contribution in [0.2, 0.25) is 0 Å². The molecule has 1 fully saturated rings. The lowest BCUT2D eigenvalue weighted by molar-refractivity contribution is -0.121. The van der Waals surface area contributed by atoms with Crippen molar-refractivity contribution in [3.05, 3.63) is 48.5 Å². The molecule has 3 rings (SSSR count). The third-order valence-electron chi connectivity index (χ3n) is 5.82. The predicted octanol–water partition coefficient (Wildman–Crippen LogP) is 2.61. The second kappa shape index (κ2) is 13.1. The van der Waals surface area contributed by atoms with Gasteiger partial charge in [-0.1, -0.05) is 12.1 Å². The molecule has 0 bridgehead atoms. The van der Waals surface area contributed by atoms with Crippen LogP contribution in [0.3, 0.4) is 0 Å². The van der Waals surface area contributed by atoms with Crippen molar-refractivity contribution in [1.29, 1.82) is 0 Å². The van der Waals surface area contributed by atoms with Gasteiger partial charge in [-0.3, -0.25) is 9.10 Å². The molecule has 0 spiro atoms. The van der Waals surface area contributed by atoms with Crippen molar-refractivity contribution in [3.8, 4) is 11.5 Å². The predicted molar refractivity (Wildman–Crippen MR) is 142 cm³/mol. The first kappa shape index (κ1) is 28.7. The molecule has 0 aliphatic carbocycles. The van der Waals surface area contributed by atoms with Crippen LogP contribution >= 0.6 is 0 Å². The van der Waals surface area contributed by atoms with Gasteiger partial charge in [0.2, 0.25) is 26.0 Å². The normalized spacial score (nSPS) is 14.3. The Morgan fingerprint density at radius 3 is 2.32 bits per heavy atom. The Bertz CT molecular complexity index is 1240. The van der Waals surface area contributed by atoms with Gasteiger partial charge in [-0.25, -0.2) is 16.8 Å². The van der Waals surface area contributed by atoms with Crippen LogP contribution in [0.25, 0.3) is 0 Å². The number of benzene rings is 2. The van der Waals surface area contributed by atoms with Crippen molar-refractivity contribution in [1.82, 2.24) is 9.62 Å². The van der Waals surface area contributed by atoms with Crippen molar-refractivity contribution in [2.75, 3.05) is 50.0 Å². The largest absolute Gasteiger partial charge is 0.492 e. The van der Waals surface area contributed by atoms with E-state index in [2.05, 4.69) is 5.32 Å². The van der Waals surface area contributed by atoms with Crippen molar-refractivity contribution in [2.45, 2.75) is 37.5 Å². The molecule has 1 amide bonds. The Morgan fingerprint density at radius 1 is 1.00 bits per heavy atom. The zero-order valence-electron chi connectivity index (χ0n) is 21.3. The minimum Gasteiger partial charge on any atom is -0.492 e. The van der Waals surface area contributed by atoms with Gasteiger partial charge in [0.1, 0.15) is 18.1 Å². The van der Waals surface area contributed by atoms with E-state index in [-0.39, 0.29) is 36.9 Å². The van der Waals surface area contributed by atoms with Gasteiger partial charge in [-0.05, 0) is 62.6 Å². The summed E-state index contributed by atoms with van der Waals surface area (Å²) in [7, 11) is -7.03. The SMILES string of the molecule is CCOc1ccccc1N(CCCC(=O)NCCOc1ccc(S(=O)(=O)N2CCCC2)cc1)S(C)(=O)=O. The third-order valence-corrected chi connectivity index (χ3v) is 8.91. The number of hydrogen-bond donors (Lipinski definition) is 1. The van der Waals surface area contributed by atoms with Crippen LogP contribution in [0.4, 0.5) is 5.69 Å². The number of para-hydroxylation sites is 2. The summed E-state index contributed by atoms with van der Waals surface area (Å²) >= 11 is 0. The van der Waals surface area contributed by atoms with E-state index in [0.717, 1.165) is 19.1 Å². The summed E-state index contributed by atoms with van der Waals surface area (Å²) in [6.07, 6.45) is 3.36. The molecule has 1 aliphatic heterocycles. The molecule has 0 aromatic heterocycles. The highest BCUT2D eigenvalue weighted by atomic mass is 32.2. The fourth-order valence-corrected chi connectivity index (χ4v) is 6.51. The number of amides is 1. The first-order valence-electron chi connectivity index (χ1n) is 12.3. The summed E-state index contributed by atoms with van der Waals surface area (Å²) in [5.74, 6) is 0.757. The van der Waals surface area contributed by atoms with Gasteiger partial charge >= 0.3 is 0 Å². The maximum Gasteiger partial charge on any atom is 0.243 e. The van der Waals surface area contributed by atoms with Gasteiger partial charge in [-0.15, -0.1) is 0 Å². The number of carbonyl (C=O) groups excluding carboxylic acids is 1. The van der Waals surface area contributed by atoms with E-state index in [1.807, 2.05) is 6.92 Å². The van der Waals surface area contributed by atoms with Crippen LogP contribution in [0.1, 0.15) is 32.6 Å². The highest BCUT2D eigenvalue weighted by molar-refractivity contribution is 7.92. The van der Waals surface area contributed by atoms with Crippen molar-refractivity contribution < 1.29 is 31.1 Å². The molecule has 10 nitrogen and oxygen atoms in total. The molecule has 37 heavy (non-hydrogen) atoms. The third kappa shape index (κ3) is 8.08. The molecule has 2 aromatic rings. The van der Waals surface area contributed by atoms with Gasteiger partial charge in [0.05, 0.1) is 30.0 Å². The zero-order chi connectivity index (χ0) is 26.9. The standard InChI is InChI=1S/C25H35N3O7S2/c1-3-34-24-10-5-4-9-23(24)28(36(2,30)31)19-8-11-25(29)26-16-20-35-21-12-14-22(15-13-21)37(32,33)27-17-6-7-18-27/h4-5,9-10,12-15H,3,6-8,11,16-20H2,1-2H3,(H,26,29). The van der Waals surface area contributed by atoms with E-state index in [1.165, 1.54) is 20.7 Å².